The number of rotatable bonds is 6. The molecule has 1 aliphatic heterocycles. The van der Waals surface area contributed by atoms with E-state index in [0.717, 1.165) is 12.0 Å². The molecule has 1 fully saturated rings. The van der Waals surface area contributed by atoms with Crippen molar-refractivity contribution in [2.75, 3.05) is 17.3 Å². The maximum absolute atomic E-state index is 13.4. The fraction of sp³-hybridized carbons (Fsp3) is 0.179. The highest BCUT2D eigenvalue weighted by Crippen LogP contribution is 2.43. The standard InChI is InChI=1S/C28H25ClN2O5/c1-4-17-8-10-18(11-9-17)25-24(26(33)22-15-21(36-3)12-13-23(22)29)27(34)28(35)31(25)20-7-5-6-19(14-20)30-16(2)32/h5-15,25,33H,4H2,1-3H3,(H,30,32)/b26-24+. The van der Waals surface area contributed by atoms with Crippen LogP contribution in [-0.2, 0) is 20.8 Å². The second-order valence-electron chi connectivity index (χ2n) is 8.34. The van der Waals surface area contributed by atoms with Gasteiger partial charge < -0.3 is 15.2 Å². The molecule has 1 saturated heterocycles. The maximum atomic E-state index is 13.4. The van der Waals surface area contributed by atoms with Gasteiger partial charge in [-0.15, -0.1) is 0 Å². The second kappa shape index (κ2) is 10.3. The number of ketones is 1. The predicted octanol–water partition coefficient (Wildman–Crippen LogP) is 5.50. The second-order valence-corrected chi connectivity index (χ2v) is 8.75. The van der Waals surface area contributed by atoms with Gasteiger partial charge >= 0.3 is 0 Å². The quantitative estimate of drug-likeness (QED) is 0.263. The summed E-state index contributed by atoms with van der Waals surface area (Å²) in [5.74, 6) is -1.89. The largest absolute Gasteiger partial charge is 0.507 e. The Morgan fingerprint density at radius 1 is 1.08 bits per heavy atom. The van der Waals surface area contributed by atoms with Crippen molar-refractivity contribution in [3.8, 4) is 5.75 Å². The third-order valence-electron chi connectivity index (χ3n) is 6.02. The molecule has 4 rings (SSSR count). The first kappa shape index (κ1) is 25.0. The molecule has 8 heteroatoms. The number of carbonyl (C=O) groups is 3. The molecule has 1 heterocycles. The van der Waals surface area contributed by atoms with Gasteiger partial charge in [0.2, 0.25) is 5.91 Å². The average molecular weight is 505 g/mol. The lowest BCUT2D eigenvalue weighted by Crippen LogP contribution is -2.29. The van der Waals surface area contributed by atoms with Gasteiger partial charge in [-0.2, -0.15) is 0 Å². The Morgan fingerprint density at radius 2 is 1.81 bits per heavy atom. The van der Waals surface area contributed by atoms with Crippen molar-refractivity contribution in [2.24, 2.45) is 0 Å². The van der Waals surface area contributed by atoms with E-state index in [0.29, 0.717) is 22.7 Å². The van der Waals surface area contributed by atoms with Gasteiger partial charge in [0.15, 0.2) is 0 Å². The number of aliphatic hydroxyl groups excluding tert-OH is 1. The first-order valence-corrected chi connectivity index (χ1v) is 11.7. The first-order chi connectivity index (χ1) is 17.2. The molecule has 3 aromatic carbocycles. The van der Waals surface area contributed by atoms with E-state index in [1.54, 1.807) is 36.4 Å². The Bertz CT molecular complexity index is 1380. The summed E-state index contributed by atoms with van der Waals surface area (Å²) in [4.78, 5) is 39.7. The first-order valence-electron chi connectivity index (χ1n) is 11.4. The highest BCUT2D eigenvalue weighted by molar-refractivity contribution is 6.52. The van der Waals surface area contributed by atoms with Crippen LogP contribution in [0.2, 0.25) is 5.02 Å². The summed E-state index contributed by atoms with van der Waals surface area (Å²) in [5, 5.41) is 14.3. The normalized spacial score (nSPS) is 16.8. The van der Waals surface area contributed by atoms with Gasteiger partial charge in [-0.25, -0.2) is 0 Å². The molecule has 0 aromatic heterocycles. The number of halogens is 1. The number of hydrogen-bond acceptors (Lipinski definition) is 5. The molecule has 2 N–H and O–H groups in total. The summed E-state index contributed by atoms with van der Waals surface area (Å²) in [6.45, 7) is 3.41. The molecular formula is C28H25ClN2O5. The number of carbonyl (C=O) groups excluding carboxylic acids is 3. The molecule has 1 atom stereocenters. The lowest BCUT2D eigenvalue weighted by atomic mass is 9.94. The van der Waals surface area contributed by atoms with Crippen LogP contribution >= 0.6 is 11.6 Å². The molecule has 7 nitrogen and oxygen atoms in total. The number of hydrogen-bond donors (Lipinski definition) is 2. The minimum Gasteiger partial charge on any atom is -0.507 e. The van der Waals surface area contributed by atoms with Gasteiger partial charge in [0.25, 0.3) is 11.7 Å². The van der Waals surface area contributed by atoms with Crippen LogP contribution in [0.5, 0.6) is 5.75 Å². The van der Waals surface area contributed by atoms with Crippen LogP contribution in [0, 0.1) is 0 Å². The van der Waals surface area contributed by atoms with E-state index in [1.807, 2.05) is 31.2 Å². The molecule has 0 aliphatic carbocycles. The van der Waals surface area contributed by atoms with Crippen molar-refractivity contribution < 1.29 is 24.2 Å². The summed E-state index contributed by atoms with van der Waals surface area (Å²) in [5.41, 5.74) is 2.66. The Balaban J connectivity index is 1.94. The van der Waals surface area contributed by atoms with Gasteiger partial charge in [0.05, 0.1) is 23.7 Å². The molecule has 3 aromatic rings. The Hall–Kier alpha value is -4.10. The van der Waals surface area contributed by atoms with Crippen molar-refractivity contribution in [1.82, 2.24) is 0 Å². The Kier molecular flexibility index (Phi) is 7.12. The zero-order valence-electron chi connectivity index (χ0n) is 20.0. The fourth-order valence-corrected chi connectivity index (χ4v) is 4.45. The van der Waals surface area contributed by atoms with E-state index in [1.165, 1.54) is 25.0 Å². The molecule has 0 radical (unpaired) electrons. The number of Topliss-reactive ketones (excluding diaryl/α,β-unsaturated/α-hetero) is 1. The van der Waals surface area contributed by atoms with Gasteiger partial charge in [0, 0.05) is 23.9 Å². The smallest absolute Gasteiger partial charge is 0.300 e. The van der Waals surface area contributed by atoms with Crippen LogP contribution in [0.3, 0.4) is 0 Å². The zero-order valence-corrected chi connectivity index (χ0v) is 20.8. The number of benzene rings is 3. The molecule has 36 heavy (non-hydrogen) atoms. The van der Waals surface area contributed by atoms with Crippen LogP contribution in [0.4, 0.5) is 11.4 Å². The Labute approximate surface area is 214 Å². The lowest BCUT2D eigenvalue weighted by molar-refractivity contribution is -0.132. The summed E-state index contributed by atoms with van der Waals surface area (Å²) in [6, 6.07) is 17.9. The predicted molar refractivity (Wildman–Crippen MR) is 139 cm³/mol. The van der Waals surface area contributed by atoms with Gasteiger partial charge in [-0.3, -0.25) is 19.3 Å². The average Bonchev–Trinajstić information content (AvgIpc) is 3.14. The third kappa shape index (κ3) is 4.70. The van der Waals surface area contributed by atoms with E-state index in [4.69, 9.17) is 16.3 Å². The highest BCUT2D eigenvalue weighted by Gasteiger charge is 2.47. The SMILES string of the molecule is CCc1ccc(C2/C(=C(\O)c3cc(OC)ccc3Cl)C(=O)C(=O)N2c2cccc(NC(C)=O)c2)cc1. The minimum absolute atomic E-state index is 0.0932. The van der Waals surface area contributed by atoms with Crippen LogP contribution in [-0.4, -0.2) is 29.8 Å². The van der Waals surface area contributed by atoms with Crippen molar-refractivity contribution in [1.29, 1.82) is 0 Å². The van der Waals surface area contributed by atoms with Crippen LogP contribution in [0.15, 0.2) is 72.3 Å². The van der Waals surface area contributed by atoms with Gasteiger partial charge in [-0.05, 0) is 53.9 Å². The summed E-state index contributed by atoms with van der Waals surface area (Å²) < 4.78 is 5.25. The van der Waals surface area contributed by atoms with Crippen LogP contribution in [0.1, 0.15) is 36.6 Å². The molecule has 0 spiro atoms. The third-order valence-corrected chi connectivity index (χ3v) is 6.35. The van der Waals surface area contributed by atoms with Gasteiger partial charge in [-0.1, -0.05) is 48.9 Å². The number of methoxy groups -OCH3 is 1. The van der Waals surface area contributed by atoms with Crippen molar-refractivity contribution >= 4 is 46.3 Å². The molecular weight excluding hydrogens is 480 g/mol. The highest BCUT2D eigenvalue weighted by atomic mass is 35.5. The number of aryl methyl sites for hydroxylation is 1. The van der Waals surface area contributed by atoms with Crippen molar-refractivity contribution in [2.45, 2.75) is 26.3 Å². The molecule has 1 unspecified atom stereocenters. The van der Waals surface area contributed by atoms with E-state index in [2.05, 4.69) is 5.32 Å². The molecule has 0 saturated carbocycles. The molecule has 2 amide bonds. The number of nitrogens with one attached hydrogen (secondary N) is 1. The number of nitrogens with zero attached hydrogens (tertiary/aromatic N) is 1. The summed E-state index contributed by atoms with van der Waals surface area (Å²) in [7, 11) is 1.48. The number of amides is 2. The zero-order chi connectivity index (χ0) is 26.0. The van der Waals surface area contributed by atoms with E-state index in [9.17, 15) is 19.5 Å². The van der Waals surface area contributed by atoms with Crippen LogP contribution in [0.25, 0.3) is 5.76 Å². The molecule has 1 aliphatic rings. The Morgan fingerprint density at radius 3 is 2.44 bits per heavy atom. The number of aliphatic hydroxyl groups is 1. The summed E-state index contributed by atoms with van der Waals surface area (Å²) in [6.07, 6.45) is 0.818. The maximum Gasteiger partial charge on any atom is 0.300 e. The van der Waals surface area contributed by atoms with Crippen molar-refractivity contribution in [3.05, 3.63) is 94.0 Å². The van der Waals surface area contributed by atoms with E-state index < -0.39 is 23.5 Å². The van der Waals surface area contributed by atoms with E-state index in [-0.39, 0.29) is 22.1 Å². The number of ether oxygens (including phenoxy) is 1. The number of anilines is 2. The summed E-state index contributed by atoms with van der Waals surface area (Å²) >= 11 is 6.37. The monoisotopic (exact) mass is 504 g/mol. The minimum atomic E-state index is -0.925. The lowest BCUT2D eigenvalue weighted by Gasteiger charge is -2.26. The van der Waals surface area contributed by atoms with E-state index >= 15 is 0 Å². The van der Waals surface area contributed by atoms with Gasteiger partial charge in [0.1, 0.15) is 11.5 Å². The fourth-order valence-electron chi connectivity index (χ4n) is 4.24. The molecule has 184 valence electrons. The van der Waals surface area contributed by atoms with Crippen LogP contribution < -0.4 is 15.0 Å². The molecule has 0 bridgehead atoms. The van der Waals surface area contributed by atoms with Crippen molar-refractivity contribution in [3.63, 3.8) is 0 Å². The topological polar surface area (TPSA) is 95.9 Å².